The molecular weight excluding hydrogens is 207 g/mol. The highest BCUT2D eigenvalue weighted by atomic mass is 19.1. The smallest absolute Gasteiger partial charge is 0.220 e. The van der Waals surface area contributed by atoms with E-state index in [1.807, 2.05) is 6.92 Å². The van der Waals surface area contributed by atoms with E-state index in [2.05, 4.69) is 5.32 Å². The van der Waals surface area contributed by atoms with Gasteiger partial charge in [-0.05, 0) is 17.5 Å². The average Bonchev–Trinajstić information content (AvgIpc) is 2.26. The first-order chi connectivity index (χ1) is 7.65. The fourth-order valence-corrected chi connectivity index (χ4v) is 1.55. The summed E-state index contributed by atoms with van der Waals surface area (Å²) < 4.78 is 13.4. The molecule has 0 aliphatic heterocycles. The van der Waals surface area contributed by atoms with Crippen LogP contribution in [-0.4, -0.2) is 19.0 Å². The number of hydrogen-bond donors (Lipinski definition) is 2. The fourth-order valence-electron chi connectivity index (χ4n) is 1.55. The van der Waals surface area contributed by atoms with E-state index in [0.717, 1.165) is 0 Å². The van der Waals surface area contributed by atoms with Crippen molar-refractivity contribution in [2.75, 3.05) is 13.1 Å². The molecule has 0 aliphatic rings. The van der Waals surface area contributed by atoms with E-state index in [9.17, 15) is 9.18 Å². The number of rotatable bonds is 5. The molecule has 1 rings (SSSR count). The molecular formula is C12H17FN2O. The monoisotopic (exact) mass is 224 g/mol. The SMILES string of the molecule is CC(CC(=O)NCCN)c1ccccc1F. The summed E-state index contributed by atoms with van der Waals surface area (Å²) >= 11 is 0. The lowest BCUT2D eigenvalue weighted by Crippen LogP contribution is -2.29. The Balaban J connectivity index is 2.55. The number of hydrogen-bond acceptors (Lipinski definition) is 2. The quantitative estimate of drug-likeness (QED) is 0.794. The standard InChI is InChI=1S/C12H17FN2O/c1-9(8-12(16)15-7-6-14)10-4-2-3-5-11(10)13/h2-5,9H,6-8,14H2,1H3,(H,15,16). The highest BCUT2D eigenvalue weighted by molar-refractivity contribution is 5.76. The number of carbonyl (C=O) groups is 1. The van der Waals surface area contributed by atoms with E-state index in [4.69, 9.17) is 5.73 Å². The molecule has 0 fully saturated rings. The van der Waals surface area contributed by atoms with Gasteiger partial charge in [0.05, 0.1) is 0 Å². The third-order valence-electron chi connectivity index (χ3n) is 2.39. The highest BCUT2D eigenvalue weighted by Crippen LogP contribution is 2.21. The fraction of sp³-hybridized carbons (Fsp3) is 0.417. The zero-order chi connectivity index (χ0) is 12.0. The van der Waals surface area contributed by atoms with Gasteiger partial charge in [-0.2, -0.15) is 0 Å². The van der Waals surface area contributed by atoms with Gasteiger partial charge in [0.1, 0.15) is 5.82 Å². The summed E-state index contributed by atoms with van der Waals surface area (Å²) in [6.07, 6.45) is 0.279. The Morgan fingerprint density at radius 3 is 2.81 bits per heavy atom. The molecule has 1 aromatic carbocycles. The maximum atomic E-state index is 13.4. The van der Waals surface area contributed by atoms with Gasteiger partial charge in [-0.3, -0.25) is 4.79 Å². The Kier molecular flexibility index (Phi) is 4.92. The number of amides is 1. The molecule has 0 radical (unpaired) electrons. The van der Waals surface area contributed by atoms with Crippen molar-refractivity contribution in [2.45, 2.75) is 19.3 Å². The van der Waals surface area contributed by atoms with Crippen molar-refractivity contribution >= 4 is 5.91 Å². The molecule has 3 nitrogen and oxygen atoms in total. The van der Waals surface area contributed by atoms with Crippen LogP contribution in [0.1, 0.15) is 24.8 Å². The predicted octanol–water partition coefficient (Wildman–Crippen LogP) is 1.39. The molecule has 0 spiro atoms. The normalized spacial score (nSPS) is 12.2. The number of halogens is 1. The van der Waals surface area contributed by atoms with E-state index in [1.165, 1.54) is 6.07 Å². The first-order valence-electron chi connectivity index (χ1n) is 5.36. The average molecular weight is 224 g/mol. The van der Waals surface area contributed by atoms with Crippen molar-refractivity contribution in [2.24, 2.45) is 5.73 Å². The summed E-state index contributed by atoms with van der Waals surface area (Å²) in [6, 6.07) is 6.52. The van der Waals surface area contributed by atoms with Gasteiger partial charge in [-0.15, -0.1) is 0 Å². The minimum Gasteiger partial charge on any atom is -0.355 e. The molecule has 0 heterocycles. The zero-order valence-electron chi connectivity index (χ0n) is 9.37. The van der Waals surface area contributed by atoms with E-state index in [-0.39, 0.29) is 24.1 Å². The molecule has 0 aliphatic carbocycles. The van der Waals surface area contributed by atoms with Crippen molar-refractivity contribution in [3.05, 3.63) is 35.6 Å². The molecule has 16 heavy (non-hydrogen) atoms. The third-order valence-corrected chi connectivity index (χ3v) is 2.39. The Labute approximate surface area is 94.8 Å². The lowest BCUT2D eigenvalue weighted by molar-refractivity contribution is -0.121. The molecule has 3 N–H and O–H groups in total. The maximum Gasteiger partial charge on any atom is 0.220 e. The largest absolute Gasteiger partial charge is 0.355 e. The van der Waals surface area contributed by atoms with Crippen molar-refractivity contribution in [1.29, 1.82) is 0 Å². The predicted molar refractivity (Wildman–Crippen MR) is 61.5 cm³/mol. The summed E-state index contributed by atoms with van der Waals surface area (Å²) in [7, 11) is 0. The molecule has 88 valence electrons. The Bertz CT molecular complexity index is 355. The Hall–Kier alpha value is -1.42. The molecule has 1 atom stereocenters. The minimum absolute atomic E-state index is 0.0961. The van der Waals surface area contributed by atoms with Gasteiger partial charge in [-0.1, -0.05) is 25.1 Å². The van der Waals surface area contributed by atoms with Crippen LogP contribution in [0.2, 0.25) is 0 Å². The number of benzene rings is 1. The molecule has 4 heteroatoms. The van der Waals surface area contributed by atoms with Crippen molar-refractivity contribution < 1.29 is 9.18 Å². The van der Waals surface area contributed by atoms with Gasteiger partial charge in [0.15, 0.2) is 0 Å². The number of carbonyl (C=O) groups excluding carboxylic acids is 1. The van der Waals surface area contributed by atoms with Crippen LogP contribution in [0, 0.1) is 5.82 Å². The van der Waals surface area contributed by atoms with Gasteiger partial charge < -0.3 is 11.1 Å². The van der Waals surface area contributed by atoms with Crippen LogP contribution in [0.3, 0.4) is 0 Å². The van der Waals surface area contributed by atoms with Crippen LogP contribution >= 0.6 is 0 Å². The van der Waals surface area contributed by atoms with Gasteiger partial charge in [-0.25, -0.2) is 4.39 Å². The summed E-state index contributed by atoms with van der Waals surface area (Å²) in [6.45, 7) is 2.71. The highest BCUT2D eigenvalue weighted by Gasteiger charge is 2.13. The third kappa shape index (κ3) is 3.62. The second-order valence-corrected chi connectivity index (χ2v) is 3.77. The van der Waals surface area contributed by atoms with Gasteiger partial charge in [0.2, 0.25) is 5.91 Å². The van der Waals surface area contributed by atoms with Crippen molar-refractivity contribution in [1.82, 2.24) is 5.32 Å². The number of nitrogens with two attached hydrogens (primary N) is 1. The first-order valence-corrected chi connectivity index (χ1v) is 5.36. The van der Waals surface area contributed by atoms with Gasteiger partial charge in [0.25, 0.3) is 0 Å². The molecule has 1 unspecified atom stereocenters. The second kappa shape index (κ2) is 6.23. The van der Waals surface area contributed by atoms with Crippen LogP contribution in [0.15, 0.2) is 24.3 Å². The lowest BCUT2D eigenvalue weighted by Gasteiger charge is -2.12. The lowest BCUT2D eigenvalue weighted by atomic mass is 9.97. The Morgan fingerprint density at radius 2 is 2.19 bits per heavy atom. The van der Waals surface area contributed by atoms with Crippen LogP contribution in [0.25, 0.3) is 0 Å². The topological polar surface area (TPSA) is 55.1 Å². The van der Waals surface area contributed by atoms with Crippen LogP contribution in [0.4, 0.5) is 4.39 Å². The van der Waals surface area contributed by atoms with Crippen LogP contribution in [-0.2, 0) is 4.79 Å². The van der Waals surface area contributed by atoms with Crippen LogP contribution < -0.4 is 11.1 Å². The van der Waals surface area contributed by atoms with Crippen molar-refractivity contribution in [3.63, 3.8) is 0 Å². The maximum absolute atomic E-state index is 13.4. The second-order valence-electron chi connectivity index (χ2n) is 3.77. The van der Waals surface area contributed by atoms with E-state index in [1.54, 1.807) is 18.2 Å². The zero-order valence-corrected chi connectivity index (χ0v) is 9.37. The molecule has 0 aromatic heterocycles. The number of nitrogens with one attached hydrogen (secondary N) is 1. The summed E-state index contributed by atoms with van der Waals surface area (Å²) in [5.74, 6) is -0.484. The van der Waals surface area contributed by atoms with E-state index < -0.39 is 0 Å². The van der Waals surface area contributed by atoms with Gasteiger partial charge in [0, 0.05) is 19.5 Å². The van der Waals surface area contributed by atoms with E-state index >= 15 is 0 Å². The molecule has 0 saturated heterocycles. The van der Waals surface area contributed by atoms with Crippen molar-refractivity contribution in [3.8, 4) is 0 Å². The summed E-state index contributed by atoms with van der Waals surface area (Å²) in [5, 5.41) is 2.67. The molecule has 1 amide bonds. The van der Waals surface area contributed by atoms with Crippen LogP contribution in [0.5, 0.6) is 0 Å². The minimum atomic E-state index is -0.262. The van der Waals surface area contributed by atoms with E-state index in [0.29, 0.717) is 18.7 Å². The Morgan fingerprint density at radius 1 is 1.50 bits per heavy atom. The summed E-state index contributed by atoms with van der Waals surface area (Å²) in [5.41, 5.74) is 5.84. The summed E-state index contributed by atoms with van der Waals surface area (Å²) in [4.78, 5) is 11.4. The molecule has 0 bridgehead atoms. The first kappa shape index (κ1) is 12.6. The molecule has 0 saturated carbocycles. The van der Waals surface area contributed by atoms with Gasteiger partial charge >= 0.3 is 0 Å². The molecule has 1 aromatic rings.